The van der Waals surface area contributed by atoms with Crippen LogP contribution in [0.15, 0.2) is 83.8 Å². The lowest BCUT2D eigenvalue weighted by Gasteiger charge is -2.39. The summed E-state index contributed by atoms with van der Waals surface area (Å²) in [6, 6.07) is 26.2. The van der Waals surface area contributed by atoms with Crippen LogP contribution in [0.4, 0.5) is 0 Å². The first-order valence-corrected chi connectivity index (χ1v) is 10.8. The summed E-state index contributed by atoms with van der Waals surface area (Å²) in [4.78, 5) is 14.1. The lowest BCUT2D eigenvalue weighted by atomic mass is 9.69. The summed E-state index contributed by atoms with van der Waals surface area (Å²) in [5, 5.41) is -0.488. The molecule has 0 saturated heterocycles. The van der Waals surface area contributed by atoms with Gasteiger partial charge in [-0.25, -0.2) is 0 Å². The number of carbonyl (C=O) groups excluding carboxylic acids is 1. The third kappa shape index (κ3) is 3.65. The van der Waals surface area contributed by atoms with Crippen molar-refractivity contribution in [3.63, 3.8) is 0 Å². The number of benzene rings is 3. The Bertz CT molecular complexity index is 965. The standard InChI is InChI=1S/C25H24O4S/c1-3-25(18-10-6-4-7-11-18,19-12-8-5-9-13-19)23(24(26)27-2)30-20-14-15-21-22(16-20)29-17-28-21/h4-16,23H,3,17H2,1-2H3. The molecule has 1 aliphatic heterocycles. The first kappa shape index (κ1) is 20.4. The zero-order valence-electron chi connectivity index (χ0n) is 17.0. The molecular formula is C25H24O4S. The maximum Gasteiger partial charge on any atom is 0.320 e. The highest BCUT2D eigenvalue weighted by atomic mass is 32.2. The van der Waals surface area contributed by atoms with Crippen molar-refractivity contribution in [2.24, 2.45) is 0 Å². The molecule has 30 heavy (non-hydrogen) atoms. The molecule has 1 aliphatic rings. The molecule has 0 saturated carbocycles. The Labute approximate surface area is 181 Å². The van der Waals surface area contributed by atoms with E-state index in [2.05, 4.69) is 31.2 Å². The number of carbonyl (C=O) groups is 1. The van der Waals surface area contributed by atoms with Crippen LogP contribution >= 0.6 is 11.8 Å². The van der Waals surface area contributed by atoms with Gasteiger partial charge in [0.2, 0.25) is 6.79 Å². The summed E-state index contributed by atoms with van der Waals surface area (Å²) < 4.78 is 16.3. The first-order chi connectivity index (χ1) is 14.7. The summed E-state index contributed by atoms with van der Waals surface area (Å²) in [5.74, 6) is 1.17. The molecule has 154 valence electrons. The van der Waals surface area contributed by atoms with E-state index in [0.717, 1.165) is 28.2 Å². The lowest BCUT2D eigenvalue weighted by molar-refractivity contribution is -0.141. The van der Waals surface area contributed by atoms with Crippen molar-refractivity contribution in [1.29, 1.82) is 0 Å². The predicted octanol–water partition coefficient (Wildman–Crippen LogP) is 5.45. The average Bonchev–Trinajstić information content (AvgIpc) is 3.28. The Kier molecular flexibility index (Phi) is 6.00. The van der Waals surface area contributed by atoms with E-state index >= 15 is 0 Å². The number of rotatable bonds is 7. The van der Waals surface area contributed by atoms with Crippen molar-refractivity contribution >= 4 is 17.7 Å². The maximum absolute atomic E-state index is 13.2. The molecule has 0 fully saturated rings. The molecule has 0 aromatic heterocycles. The van der Waals surface area contributed by atoms with E-state index in [1.54, 1.807) is 0 Å². The van der Waals surface area contributed by atoms with Gasteiger partial charge in [0.25, 0.3) is 0 Å². The Hall–Kier alpha value is -2.92. The van der Waals surface area contributed by atoms with Crippen LogP contribution in [0.2, 0.25) is 0 Å². The van der Waals surface area contributed by atoms with Gasteiger partial charge in [-0.1, -0.05) is 67.6 Å². The Morgan fingerprint density at radius 3 is 2.13 bits per heavy atom. The van der Waals surface area contributed by atoms with Crippen molar-refractivity contribution < 1.29 is 19.0 Å². The van der Waals surface area contributed by atoms with E-state index in [-0.39, 0.29) is 12.8 Å². The number of hydrogen-bond acceptors (Lipinski definition) is 5. The summed E-state index contributed by atoms with van der Waals surface area (Å²) >= 11 is 1.50. The molecule has 1 unspecified atom stereocenters. The van der Waals surface area contributed by atoms with Crippen LogP contribution in [0.1, 0.15) is 24.5 Å². The molecule has 0 N–H and O–H groups in total. The average molecular weight is 421 g/mol. The molecular weight excluding hydrogens is 396 g/mol. The fourth-order valence-corrected chi connectivity index (χ4v) is 5.50. The molecule has 3 aromatic rings. The second kappa shape index (κ2) is 8.84. The molecule has 4 rings (SSSR count). The smallest absolute Gasteiger partial charge is 0.320 e. The van der Waals surface area contributed by atoms with E-state index in [9.17, 15) is 4.79 Å². The van der Waals surface area contributed by atoms with Gasteiger partial charge >= 0.3 is 5.97 Å². The van der Waals surface area contributed by atoms with Crippen LogP contribution in [-0.2, 0) is 14.9 Å². The van der Waals surface area contributed by atoms with Crippen molar-refractivity contribution in [2.75, 3.05) is 13.9 Å². The van der Waals surface area contributed by atoms with E-state index < -0.39 is 10.7 Å². The minimum atomic E-state index is -0.559. The van der Waals surface area contributed by atoms with Gasteiger partial charge in [-0.3, -0.25) is 4.79 Å². The topological polar surface area (TPSA) is 44.8 Å². The number of esters is 1. The molecule has 1 atom stereocenters. The second-order valence-corrected chi connectivity index (χ2v) is 8.27. The highest BCUT2D eigenvalue weighted by Crippen LogP contribution is 2.47. The minimum Gasteiger partial charge on any atom is -0.468 e. The normalized spacial score (nSPS) is 13.7. The number of hydrogen-bond donors (Lipinski definition) is 0. The minimum absolute atomic E-state index is 0.219. The van der Waals surface area contributed by atoms with Crippen LogP contribution in [-0.4, -0.2) is 25.1 Å². The maximum atomic E-state index is 13.2. The van der Waals surface area contributed by atoms with Crippen molar-refractivity contribution in [3.8, 4) is 11.5 Å². The van der Waals surface area contributed by atoms with Gasteiger partial charge in [0.15, 0.2) is 11.5 Å². The van der Waals surface area contributed by atoms with E-state index in [0.29, 0.717) is 5.75 Å². The molecule has 0 aliphatic carbocycles. The largest absolute Gasteiger partial charge is 0.468 e. The van der Waals surface area contributed by atoms with Gasteiger partial charge in [-0.05, 0) is 35.7 Å². The van der Waals surface area contributed by atoms with E-state index in [1.165, 1.54) is 18.9 Å². The molecule has 4 nitrogen and oxygen atoms in total. The summed E-state index contributed by atoms with van der Waals surface area (Å²) in [5.41, 5.74) is 1.61. The van der Waals surface area contributed by atoms with Gasteiger partial charge < -0.3 is 14.2 Å². The zero-order valence-corrected chi connectivity index (χ0v) is 17.9. The number of thioether (sulfide) groups is 1. The predicted molar refractivity (Wildman–Crippen MR) is 118 cm³/mol. The van der Waals surface area contributed by atoms with Crippen LogP contribution < -0.4 is 9.47 Å². The van der Waals surface area contributed by atoms with Crippen molar-refractivity contribution in [1.82, 2.24) is 0 Å². The molecule has 5 heteroatoms. The molecule has 0 radical (unpaired) electrons. The number of ether oxygens (including phenoxy) is 3. The van der Waals surface area contributed by atoms with Gasteiger partial charge in [-0.2, -0.15) is 0 Å². The Balaban J connectivity index is 1.85. The summed E-state index contributed by atoms with van der Waals surface area (Å²) in [7, 11) is 1.45. The summed E-state index contributed by atoms with van der Waals surface area (Å²) in [6.45, 7) is 2.34. The highest BCUT2D eigenvalue weighted by molar-refractivity contribution is 8.00. The van der Waals surface area contributed by atoms with Gasteiger partial charge in [0, 0.05) is 10.3 Å². The Morgan fingerprint density at radius 1 is 0.967 bits per heavy atom. The SMILES string of the molecule is CCC(c1ccccc1)(c1ccccc1)C(Sc1ccc2c(c1)OCO2)C(=O)OC. The van der Waals surface area contributed by atoms with Crippen LogP contribution in [0.3, 0.4) is 0 Å². The van der Waals surface area contributed by atoms with Crippen LogP contribution in [0.5, 0.6) is 11.5 Å². The summed E-state index contributed by atoms with van der Waals surface area (Å²) in [6.07, 6.45) is 0.734. The zero-order chi connectivity index (χ0) is 21.0. The van der Waals surface area contributed by atoms with E-state index in [4.69, 9.17) is 14.2 Å². The van der Waals surface area contributed by atoms with Gasteiger partial charge in [0.05, 0.1) is 7.11 Å². The number of methoxy groups -OCH3 is 1. The number of fused-ring (bicyclic) bond motifs is 1. The van der Waals surface area contributed by atoms with Gasteiger partial charge in [0.1, 0.15) is 5.25 Å². The highest BCUT2D eigenvalue weighted by Gasteiger charge is 2.46. The third-order valence-electron chi connectivity index (χ3n) is 5.60. The molecule has 0 bridgehead atoms. The van der Waals surface area contributed by atoms with Crippen LogP contribution in [0.25, 0.3) is 0 Å². The first-order valence-electron chi connectivity index (χ1n) is 9.94. The second-order valence-electron chi connectivity index (χ2n) is 7.09. The molecule has 0 amide bonds. The van der Waals surface area contributed by atoms with Crippen LogP contribution in [0, 0.1) is 0 Å². The van der Waals surface area contributed by atoms with Crippen molar-refractivity contribution in [2.45, 2.75) is 28.9 Å². The Morgan fingerprint density at radius 2 is 1.57 bits per heavy atom. The van der Waals surface area contributed by atoms with Crippen molar-refractivity contribution in [3.05, 3.63) is 90.0 Å². The molecule has 1 heterocycles. The monoisotopic (exact) mass is 420 g/mol. The quantitative estimate of drug-likeness (QED) is 0.376. The molecule has 3 aromatic carbocycles. The fraction of sp³-hybridized carbons (Fsp3) is 0.240. The third-order valence-corrected chi connectivity index (χ3v) is 6.95. The van der Waals surface area contributed by atoms with Gasteiger partial charge in [-0.15, -0.1) is 11.8 Å². The van der Waals surface area contributed by atoms with E-state index in [1.807, 2.05) is 54.6 Å². The molecule has 0 spiro atoms. The lowest BCUT2D eigenvalue weighted by Crippen LogP contribution is -2.43. The fourth-order valence-electron chi connectivity index (χ4n) is 4.08.